The van der Waals surface area contributed by atoms with Crippen LogP contribution in [0.4, 0.5) is 0 Å². The summed E-state index contributed by atoms with van der Waals surface area (Å²) in [5, 5.41) is 9.32. The molecule has 15 heavy (non-hydrogen) atoms. The Balaban J connectivity index is 2.51. The zero-order valence-electron chi connectivity index (χ0n) is 7.90. The van der Waals surface area contributed by atoms with Gasteiger partial charge in [-0.1, -0.05) is 11.6 Å². The normalized spacial score (nSPS) is 12.9. The van der Waals surface area contributed by atoms with Gasteiger partial charge in [0.1, 0.15) is 11.4 Å². The van der Waals surface area contributed by atoms with E-state index in [2.05, 4.69) is 4.98 Å². The SMILES string of the molecule is CC(C(=O)O)c1nc2ccc(Cl)cc2o1. The van der Waals surface area contributed by atoms with Crippen molar-refractivity contribution in [1.29, 1.82) is 0 Å². The second-order valence-corrected chi connectivity index (χ2v) is 3.66. The Labute approximate surface area is 90.5 Å². The number of hydrogen-bond donors (Lipinski definition) is 1. The van der Waals surface area contributed by atoms with Crippen LogP contribution in [0.3, 0.4) is 0 Å². The van der Waals surface area contributed by atoms with E-state index >= 15 is 0 Å². The van der Waals surface area contributed by atoms with E-state index in [1.54, 1.807) is 18.2 Å². The van der Waals surface area contributed by atoms with Gasteiger partial charge in [-0.2, -0.15) is 0 Å². The fourth-order valence-electron chi connectivity index (χ4n) is 1.21. The molecule has 1 heterocycles. The molecule has 1 unspecified atom stereocenters. The first-order chi connectivity index (χ1) is 7.08. The smallest absolute Gasteiger partial charge is 0.315 e. The summed E-state index contributed by atoms with van der Waals surface area (Å²) in [6, 6.07) is 4.99. The Hall–Kier alpha value is -1.55. The average Bonchev–Trinajstić information content (AvgIpc) is 2.58. The highest BCUT2D eigenvalue weighted by molar-refractivity contribution is 6.31. The second kappa shape index (κ2) is 3.55. The van der Waals surface area contributed by atoms with Crippen molar-refractivity contribution in [2.45, 2.75) is 12.8 Å². The summed E-state index contributed by atoms with van der Waals surface area (Å²) in [7, 11) is 0. The number of carboxylic acids is 1. The summed E-state index contributed by atoms with van der Waals surface area (Å²) in [4.78, 5) is 14.8. The van der Waals surface area contributed by atoms with Crippen molar-refractivity contribution in [1.82, 2.24) is 4.98 Å². The fourth-order valence-corrected chi connectivity index (χ4v) is 1.37. The van der Waals surface area contributed by atoms with Crippen LogP contribution in [0.1, 0.15) is 18.7 Å². The molecule has 2 rings (SSSR count). The van der Waals surface area contributed by atoms with Gasteiger partial charge in [0.05, 0.1) is 0 Å². The molecular weight excluding hydrogens is 218 g/mol. The highest BCUT2D eigenvalue weighted by atomic mass is 35.5. The molecule has 1 aromatic heterocycles. The summed E-state index contributed by atoms with van der Waals surface area (Å²) < 4.78 is 5.30. The number of aliphatic carboxylic acids is 1. The molecule has 0 saturated carbocycles. The number of carbonyl (C=O) groups is 1. The summed E-state index contributed by atoms with van der Waals surface area (Å²) in [6.07, 6.45) is 0. The lowest BCUT2D eigenvalue weighted by atomic mass is 10.2. The van der Waals surface area contributed by atoms with Gasteiger partial charge in [-0.05, 0) is 19.1 Å². The molecule has 5 heteroatoms. The standard InChI is InChI=1S/C10H8ClNO3/c1-5(10(13)14)9-12-7-3-2-6(11)4-8(7)15-9/h2-5H,1H3,(H,13,14). The van der Waals surface area contributed by atoms with E-state index in [9.17, 15) is 4.79 Å². The van der Waals surface area contributed by atoms with Crippen molar-refractivity contribution in [2.75, 3.05) is 0 Å². The topological polar surface area (TPSA) is 63.3 Å². The van der Waals surface area contributed by atoms with Gasteiger partial charge >= 0.3 is 5.97 Å². The Morgan fingerprint density at radius 2 is 2.33 bits per heavy atom. The monoisotopic (exact) mass is 225 g/mol. The highest BCUT2D eigenvalue weighted by Gasteiger charge is 2.20. The molecule has 2 aromatic rings. The summed E-state index contributed by atoms with van der Waals surface area (Å²) in [5.41, 5.74) is 1.12. The highest BCUT2D eigenvalue weighted by Crippen LogP contribution is 2.23. The minimum absolute atomic E-state index is 0.194. The first-order valence-corrected chi connectivity index (χ1v) is 4.74. The van der Waals surface area contributed by atoms with Gasteiger partial charge in [-0.25, -0.2) is 4.98 Å². The van der Waals surface area contributed by atoms with Crippen molar-refractivity contribution in [3.05, 3.63) is 29.1 Å². The van der Waals surface area contributed by atoms with Crippen molar-refractivity contribution in [2.24, 2.45) is 0 Å². The van der Waals surface area contributed by atoms with E-state index in [1.165, 1.54) is 6.92 Å². The van der Waals surface area contributed by atoms with Crippen LogP contribution in [0.15, 0.2) is 22.6 Å². The third kappa shape index (κ3) is 1.80. The summed E-state index contributed by atoms with van der Waals surface area (Å²) >= 11 is 5.77. The molecule has 0 bridgehead atoms. The number of rotatable bonds is 2. The molecular formula is C10H8ClNO3. The summed E-state index contributed by atoms with van der Waals surface area (Å²) in [5.74, 6) is -1.52. The zero-order valence-corrected chi connectivity index (χ0v) is 8.65. The summed E-state index contributed by atoms with van der Waals surface area (Å²) in [6.45, 7) is 1.52. The number of benzene rings is 1. The lowest BCUT2D eigenvalue weighted by Gasteiger charge is -1.97. The van der Waals surface area contributed by atoms with Crippen LogP contribution in [0.2, 0.25) is 5.02 Å². The first-order valence-electron chi connectivity index (χ1n) is 4.36. The average molecular weight is 226 g/mol. The number of halogens is 1. The van der Waals surface area contributed by atoms with E-state index in [0.717, 1.165) is 0 Å². The van der Waals surface area contributed by atoms with Gasteiger partial charge in [0.2, 0.25) is 5.89 Å². The number of hydrogen-bond acceptors (Lipinski definition) is 3. The Morgan fingerprint density at radius 1 is 1.60 bits per heavy atom. The van der Waals surface area contributed by atoms with Crippen LogP contribution in [0.5, 0.6) is 0 Å². The van der Waals surface area contributed by atoms with Crippen LogP contribution in [0, 0.1) is 0 Å². The minimum atomic E-state index is -0.965. The minimum Gasteiger partial charge on any atom is -0.481 e. The van der Waals surface area contributed by atoms with Gasteiger partial charge < -0.3 is 9.52 Å². The molecule has 0 fully saturated rings. The van der Waals surface area contributed by atoms with Gasteiger partial charge in [-0.15, -0.1) is 0 Å². The number of aromatic nitrogens is 1. The number of oxazole rings is 1. The van der Waals surface area contributed by atoms with Crippen LogP contribution >= 0.6 is 11.6 Å². The predicted molar refractivity (Wildman–Crippen MR) is 55.1 cm³/mol. The molecule has 0 spiro atoms. The van der Waals surface area contributed by atoms with Crippen molar-refractivity contribution >= 4 is 28.7 Å². The molecule has 4 nitrogen and oxygen atoms in total. The first kappa shape index (κ1) is 9.98. The van der Waals surface area contributed by atoms with Gasteiger partial charge in [0.25, 0.3) is 0 Å². The van der Waals surface area contributed by atoms with Crippen molar-refractivity contribution < 1.29 is 14.3 Å². The Morgan fingerprint density at radius 3 is 3.00 bits per heavy atom. The maximum atomic E-state index is 10.7. The predicted octanol–water partition coefficient (Wildman–Crippen LogP) is 2.67. The van der Waals surface area contributed by atoms with Crippen molar-refractivity contribution in [3.63, 3.8) is 0 Å². The van der Waals surface area contributed by atoms with Crippen LogP contribution in [-0.4, -0.2) is 16.1 Å². The fraction of sp³-hybridized carbons (Fsp3) is 0.200. The maximum Gasteiger partial charge on any atom is 0.315 e. The molecule has 0 saturated heterocycles. The molecule has 1 N–H and O–H groups in total. The number of carboxylic acid groups (broad SMARTS) is 1. The van der Waals surface area contributed by atoms with E-state index < -0.39 is 11.9 Å². The van der Waals surface area contributed by atoms with Crippen molar-refractivity contribution in [3.8, 4) is 0 Å². The third-order valence-electron chi connectivity index (χ3n) is 2.11. The lowest BCUT2D eigenvalue weighted by molar-refractivity contribution is -0.138. The van der Waals surface area contributed by atoms with E-state index in [1.807, 2.05) is 0 Å². The zero-order chi connectivity index (χ0) is 11.0. The Kier molecular flexibility index (Phi) is 2.36. The largest absolute Gasteiger partial charge is 0.481 e. The molecule has 0 aliphatic rings. The molecule has 0 aliphatic heterocycles. The quantitative estimate of drug-likeness (QED) is 0.854. The van der Waals surface area contributed by atoms with Crippen LogP contribution in [0.25, 0.3) is 11.1 Å². The number of nitrogens with zero attached hydrogens (tertiary/aromatic N) is 1. The molecule has 0 radical (unpaired) electrons. The number of fused-ring (bicyclic) bond motifs is 1. The molecule has 78 valence electrons. The van der Waals surface area contributed by atoms with E-state index in [0.29, 0.717) is 16.1 Å². The van der Waals surface area contributed by atoms with Gasteiger partial charge in [0.15, 0.2) is 5.58 Å². The molecule has 0 aliphatic carbocycles. The molecule has 0 amide bonds. The maximum absolute atomic E-state index is 10.7. The van der Waals surface area contributed by atoms with E-state index in [4.69, 9.17) is 21.1 Å². The molecule has 1 atom stereocenters. The van der Waals surface area contributed by atoms with Gasteiger partial charge in [0, 0.05) is 11.1 Å². The van der Waals surface area contributed by atoms with E-state index in [-0.39, 0.29) is 5.89 Å². The third-order valence-corrected chi connectivity index (χ3v) is 2.34. The van der Waals surface area contributed by atoms with Crippen LogP contribution < -0.4 is 0 Å². The Bertz CT molecular complexity index is 520. The molecule has 1 aromatic carbocycles. The van der Waals surface area contributed by atoms with Crippen LogP contribution in [-0.2, 0) is 4.79 Å². The second-order valence-electron chi connectivity index (χ2n) is 3.22. The lowest BCUT2D eigenvalue weighted by Crippen LogP contribution is -2.07. The van der Waals surface area contributed by atoms with Gasteiger partial charge in [-0.3, -0.25) is 4.79 Å².